The third kappa shape index (κ3) is 2.96. The molecule has 2 rings (SSSR count). The van der Waals surface area contributed by atoms with Crippen LogP contribution in [0.3, 0.4) is 0 Å². The van der Waals surface area contributed by atoms with Gasteiger partial charge < -0.3 is 5.73 Å². The predicted molar refractivity (Wildman–Crippen MR) is 72.8 cm³/mol. The summed E-state index contributed by atoms with van der Waals surface area (Å²) in [5, 5.41) is 4.18. The van der Waals surface area contributed by atoms with Crippen molar-refractivity contribution in [2.75, 3.05) is 6.54 Å². The minimum Gasteiger partial charge on any atom is -0.330 e. The Labute approximate surface area is 110 Å². The lowest BCUT2D eigenvalue weighted by Crippen LogP contribution is -2.15. The maximum atomic E-state index is 5.88. The Morgan fingerprint density at radius 3 is 2.76 bits per heavy atom. The van der Waals surface area contributed by atoms with Crippen molar-refractivity contribution in [2.45, 2.75) is 12.3 Å². The van der Waals surface area contributed by atoms with Crippen molar-refractivity contribution < 1.29 is 0 Å². The number of hydrogen-bond acceptors (Lipinski definition) is 2. The van der Waals surface area contributed by atoms with Crippen LogP contribution >= 0.6 is 15.9 Å². The summed E-state index contributed by atoms with van der Waals surface area (Å²) in [6.45, 7) is 0.636. The number of aryl methyl sites for hydroxylation is 1. The molecule has 2 aromatic rings. The van der Waals surface area contributed by atoms with E-state index in [2.05, 4.69) is 33.2 Å². The first kappa shape index (κ1) is 12.3. The molecular formula is C13H16BrN3. The lowest BCUT2D eigenvalue weighted by atomic mass is 9.93. The average molecular weight is 294 g/mol. The lowest BCUT2D eigenvalue weighted by molar-refractivity contribution is 0.690. The Morgan fingerprint density at radius 2 is 2.18 bits per heavy atom. The number of benzene rings is 1. The minimum absolute atomic E-state index is 0.328. The zero-order valence-corrected chi connectivity index (χ0v) is 11.4. The van der Waals surface area contributed by atoms with E-state index < -0.39 is 0 Å². The van der Waals surface area contributed by atoms with Gasteiger partial charge in [0, 0.05) is 23.6 Å². The average Bonchev–Trinajstić information content (AvgIpc) is 2.73. The zero-order chi connectivity index (χ0) is 12.3. The molecule has 0 bridgehead atoms. The predicted octanol–water partition coefficient (Wildman–Crippen LogP) is 2.47. The first-order chi connectivity index (χ1) is 8.20. The normalized spacial score (nSPS) is 12.6. The van der Waals surface area contributed by atoms with E-state index in [1.165, 1.54) is 11.1 Å². The van der Waals surface area contributed by atoms with E-state index in [-0.39, 0.29) is 0 Å². The van der Waals surface area contributed by atoms with Crippen LogP contribution in [0.5, 0.6) is 0 Å². The highest BCUT2D eigenvalue weighted by molar-refractivity contribution is 9.10. The Bertz CT molecular complexity index is 493. The van der Waals surface area contributed by atoms with Crippen molar-refractivity contribution in [3.8, 4) is 0 Å². The SMILES string of the molecule is Cn1cc(CC(CN)c2ccccc2Br)cn1. The van der Waals surface area contributed by atoms with Crippen LogP contribution < -0.4 is 5.73 Å². The van der Waals surface area contributed by atoms with Crippen LogP contribution in [0, 0.1) is 0 Å². The molecule has 0 aliphatic heterocycles. The van der Waals surface area contributed by atoms with Gasteiger partial charge in [-0.1, -0.05) is 34.1 Å². The van der Waals surface area contributed by atoms with E-state index in [0.29, 0.717) is 12.5 Å². The van der Waals surface area contributed by atoms with Gasteiger partial charge in [0.25, 0.3) is 0 Å². The molecule has 0 fully saturated rings. The molecule has 0 aliphatic carbocycles. The first-order valence-corrected chi connectivity index (χ1v) is 6.42. The lowest BCUT2D eigenvalue weighted by Gasteiger charge is -2.15. The quantitative estimate of drug-likeness (QED) is 0.941. The van der Waals surface area contributed by atoms with Gasteiger partial charge in [0.05, 0.1) is 6.20 Å². The van der Waals surface area contributed by atoms with Crippen LogP contribution in [0.4, 0.5) is 0 Å². The fraction of sp³-hybridized carbons (Fsp3) is 0.308. The van der Waals surface area contributed by atoms with Gasteiger partial charge in [-0.05, 0) is 30.2 Å². The summed E-state index contributed by atoms with van der Waals surface area (Å²) >= 11 is 3.58. The van der Waals surface area contributed by atoms with Gasteiger partial charge in [-0.25, -0.2) is 0 Å². The van der Waals surface area contributed by atoms with Crippen LogP contribution in [-0.4, -0.2) is 16.3 Å². The van der Waals surface area contributed by atoms with Crippen molar-refractivity contribution in [2.24, 2.45) is 12.8 Å². The Hall–Kier alpha value is -1.13. The van der Waals surface area contributed by atoms with Gasteiger partial charge in [0.1, 0.15) is 0 Å². The maximum absolute atomic E-state index is 5.88. The summed E-state index contributed by atoms with van der Waals surface area (Å²) in [6.07, 6.45) is 4.87. The van der Waals surface area contributed by atoms with Gasteiger partial charge in [0.15, 0.2) is 0 Å². The smallest absolute Gasteiger partial charge is 0.0521 e. The number of halogens is 1. The largest absolute Gasteiger partial charge is 0.330 e. The van der Waals surface area contributed by atoms with Crippen molar-refractivity contribution >= 4 is 15.9 Å². The van der Waals surface area contributed by atoms with Crippen LogP contribution in [0.1, 0.15) is 17.0 Å². The molecule has 0 saturated carbocycles. The third-order valence-corrected chi connectivity index (χ3v) is 3.59. The molecule has 17 heavy (non-hydrogen) atoms. The van der Waals surface area contributed by atoms with E-state index >= 15 is 0 Å². The van der Waals surface area contributed by atoms with Gasteiger partial charge in [-0.15, -0.1) is 0 Å². The monoisotopic (exact) mass is 293 g/mol. The molecule has 1 atom stereocenters. The summed E-state index contributed by atoms with van der Waals surface area (Å²) in [4.78, 5) is 0. The maximum Gasteiger partial charge on any atom is 0.0521 e. The second kappa shape index (κ2) is 5.47. The minimum atomic E-state index is 0.328. The molecule has 0 spiro atoms. The van der Waals surface area contributed by atoms with Crippen LogP contribution in [0.25, 0.3) is 0 Å². The second-order valence-electron chi connectivity index (χ2n) is 4.18. The highest BCUT2D eigenvalue weighted by Crippen LogP contribution is 2.26. The molecule has 90 valence electrons. The first-order valence-electron chi connectivity index (χ1n) is 5.62. The molecule has 0 amide bonds. The van der Waals surface area contributed by atoms with E-state index in [4.69, 9.17) is 5.73 Å². The van der Waals surface area contributed by atoms with Crippen molar-refractivity contribution in [1.82, 2.24) is 9.78 Å². The number of rotatable bonds is 4. The third-order valence-electron chi connectivity index (χ3n) is 2.87. The number of hydrogen-bond donors (Lipinski definition) is 1. The summed E-state index contributed by atoms with van der Waals surface area (Å²) in [5.74, 6) is 0.328. The molecule has 4 heteroatoms. The summed E-state index contributed by atoms with van der Waals surface area (Å²) < 4.78 is 2.95. The number of nitrogens with two attached hydrogens (primary N) is 1. The molecule has 0 radical (unpaired) electrons. The molecule has 1 aromatic carbocycles. The van der Waals surface area contributed by atoms with Crippen molar-refractivity contribution in [3.63, 3.8) is 0 Å². The van der Waals surface area contributed by atoms with E-state index in [1.54, 1.807) is 0 Å². The van der Waals surface area contributed by atoms with E-state index in [9.17, 15) is 0 Å². The molecule has 0 aliphatic rings. The molecule has 2 N–H and O–H groups in total. The van der Waals surface area contributed by atoms with Crippen LogP contribution in [0.2, 0.25) is 0 Å². The molecular weight excluding hydrogens is 278 g/mol. The number of aromatic nitrogens is 2. The van der Waals surface area contributed by atoms with Crippen molar-refractivity contribution in [3.05, 3.63) is 52.3 Å². The highest BCUT2D eigenvalue weighted by atomic mass is 79.9. The van der Waals surface area contributed by atoms with E-state index in [1.807, 2.05) is 36.3 Å². The molecule has 1 aromatic heterocycles. The Morgan fingerprint density at radius 1 is 1.41 bits per heavy atom. The highest BCUT2D eigenvalue weighted by Gasteiger charge is 2.14. The van der Waals surface area contributed by atoms with Gasteiger partial charge >= 0.3 is 0 Å². The summed E-state index contributed by atoms with van der Waals surface area (Å²) in [6, 6.07) is 8.25. The Kier molecular flexibility index (Phi) is 3.97. The van der Waals surface area contributed by atoms with Gasteiger partial charge in [-0.3, -0.25) is 4.68 Å². The fourth-order valence-corrected chi connectivity index (χ4v) is 2.60. The molecule has 3 nitrogen and oxygen atoms in total. The van der Waals surface area contributed by atoms with Crippen LogP contribution in [0.15, 0.2) is 41.1 Å². The molecule has 1 unspecified atom stereocenters. The van der Waals surface area contributed by atoms with Crippen molar-refractivity contribution in [1.29, 1.82) is 0 Å². The Balaban J connectivity index is 2.20. The molecule has 0 saturated heterocycles. The molecule has 1 heterocycles. The zero-order valence-electron chi connectivity index (χ0n) is 9.81. The number of nitrogens with zero attached hydrogens (tertiary/aromatic N) is 2. The van der Waals surface area contributed by atoms with Gasteiger partial charge in [-0.2, -0.15) is 5.10 Å². The van der Waals surface area contributed by atoms with Gasteiger partial charge in [0.2, 0.25) is 0 Å². The second-order valence-corrected chi connectivity index (χ2v) is 5.03. The standard InChI is InChI=1S/C13H16BrN3/c1-17-9-10(8-16-17)6-11(7-15)12-4-2-3-5-13(12)14/h2-5,8-9,11H,6-7,15H2,1H3. The topological polar surface area (TPSA) is 43.8 Å². The summed E-state index contributed by atoms with van der Waals surface area (Å²) in [7, 11) is 1.93. The summed E-state index contributed by atoms with van der Waals surface area (Å²) in [5.41, 5.74) is 8.36. The van der Waals surface area contributed by atoms with E-state index in [0.717, 1.165) is 10.9 Å². The van der Waals surface area contributed by atoms with Crippen LogP contribution in [-0.2, 0) is 13.5 Å². The fourth-order valence-electron chi connectivity index (χ4n) is 1.99.